The van der Waals surface area contributed by atoms with Gasteiger partial charge in [-0.2, -0.15) is 4.31 Å². The van der Waals surface area contributed by atoms with E-state index in [0.29, 0.717) is 44.6 Å². The van der Waals surface area contributed by atoms with Crippen LogP contribution < -0.4 is 5.69 Å². The number of benzene rings is 2. The number of hydrogen-bond acceptors (Lipinski definition) is 5. The molecule has 2 unspecified atom stereocenters. The van der Waals surface area contributed by atoms with Crippen molar-refractivity contribution in [3.8, 4) is 0 Å². The van der Waals surface area contributed by atoms with Crippen molar-refractivity contribution in [3.05, 3.63) is 64.6 Å². The second-order valence-corrected chi connectivity index (χ2v) is 11.4. The van der Waals surface area contributed by atoms with E-state index in [1.807, 2.05) is 38.1 Å². The summed E-state index contributed by atoms with van der Waals surface area (Å²) < 4.78 is 35.0. The van der Waals surface area contributed by atoms with E-state index in [-0.39, 0.29) is 34.7 Å². The first-order valence-corrected chi connectivity index (χ1v) is 13.4. The van der Waals surface area contributed by atoms with Gasteiger partial charge in [0.2, 0.25) is 10.0 Å². The number of nitrogens with one attached hydrogen (secondary N) is 1. The lowest BCUT2D eigenvalue weighted by molar-refractivity contribution is -0.0440. The number of piperidine rings is 1. The first-order valence-electron chi connectivity index (χ1n) is 12.0. The lowest BCUT2D eigenvalue weighted by Gasteiger charge is -2.34. The molecule has 2 aromatic carbocycles. The van der Waals surface area contributed by atoms with Gasteiger partial charge < -0.3 is 14.6 Å². The van der Waals surface area contributed by atoms with Crippen molar-refractivity contribution in [2.24, 2.45) is 0 Å². The van der Waals surface area contributed by atoms with Gasteiger partial charge >= 0.3 is 5.69 Å². The SMILES string of the molecule is CC1CN(S(=O)(=O)c2ccc(C(=O)N3CCC(n4c(=O)[nH]c5ccccc54)CC3)cc2)CC(C)O1. The normalized spacial score (nSPS) is 22.5. The molecule has 2 aliphatic heterocycles. The number of morpholine rings is 1. The van der Waals surface area contributed by atoms with Gasteiger partial charge in [0.25, 0.3) is 5.91 Å². The van der Waals surface area contributed by atoms with Gasteiger partial charge in [0.1, 0.15) is 0 Å². The maximum absolute atomic E-state index is 13.1. The second-order valence-electron chi connectivity index (χ2n) is 9.44. The third kappa shape index (κ3) is 4.53. The molecule has 2 fully saturated rings. The molecule has 0 saturated carbocycles. The van der Waals surface area contributed by atoms with Crippen molar-refractivity contribution >= 4 is 27.0 Å². The van der Waals surface area contributed by atoms with Gasteiger partial charge in [-0.1, -0.05) is 12.1 Å². The Morgan fingerprint density at radius 3 is 2.26 bits per heavy atom. The molecule has 2 aliphatic rings. The van der Waals surface area contributed by atoms with Gasteiger partial charge in [-0.3, -0.25) is 9.36 Å². The van der Waals surface area contributed by atoms with Crippen molar-refractivity contribution < 1.29 is 17.9 Å². The maximum atomic E-state index is 13.1. The number of imidazole rings is 1. The van der Waals surface area contributed by atoms with Gasteiger partial charge in [0, 0.05) is 37.8 Å². The molecule has 10 heteroatoms. The molecular weight excluding hydrogens is 468 g/mol. The van der Waals surface area contributed by atoms with E-state index in [4.69, 9.17) is 4.74 Å². The molecule has 0 radical (unpaired) electrons. The van der Waals surface area contributed by atoms with Crippen LogP contribution in [0.2, 0.25) is 0 Å². The number of para-hydroxylation sites is 2. The molecule has 3 heterocycles. The van der Waals surface area contributed by atoms with Crippen LogP contribution >= 0.6 is 0 Å². The van der Waals surface area contributed by atoms with Crippen LogP contribution in [0.25, 0.3) is 11.0 Å². The Morgan fingerprint density at radius 2 is 1.60 bits per heavy atom. The van der Waals surface area contributed by atoms with Crippen LogP contribution in [0, 0.1) is 0 Å². The van der Waals surface area contributed by atoms with E-state index in [2.05, 4.69) is 4.98 Å². The largest absolute Gasteiger partial charge is 0.373 e. The highest BCUT2D eigenvalue weighted by Gasteiger charge is 2.32. The quantitative estimate of drug-likeness (QED) is 0.595. The van der Waals surface area contributed by atoms with E-state index < -0.39 is 10.0 Å². The molecule has 1 aromatic heterocycles. The Morgan fingerprint density at radius 1 is 0.971 bits per heavy atom. The number of hydrogen-bond donors (Lipinski definition) is 1. The summed E-state index contributed by atoms with van der Waals surface area (Å²) in [5, 5.41) is 0. The standard InChI is InChI=1S/C25H30N4O5S/c1-17-15-28(16-18(2)34-17)35(32,33)21-9-7-19(8-10-21)24(30)27-13-11-20(12-14-27)29-23-6-4-3-5-22(23)26-25(29)31/h3-10,17-18,20H,11-16H2,1-2H3,(H,26,31). The highest BCUT2D eigenvalue weighted by Crippen LogP contribution is 2.26. The molecule has 0 bridgehead atoms. The number of aromatic nitrogens is 2. The average molecular weight is 499 g/mol. The highest BCUT2D eigenvalue weighted by atomic mass is 32.2. The number of amides is 1. The number of nitrogens with zero attached hydrogens (tertiary/aromatic N) is 3. The summed E-state index contributed by atoms with van der Waals surface area (Å²) >= 11 is 0. The van der Waals surface area contributed by atoms with Crippen molar-refractivity contribution in [2.45, 2.75) is 49.8 Å². The molecule has 1 amide bonds. The summed E-state index contributed by atoms with van der Waals surface area (Å²) in [6.07, 6.45) is 1.01. The summed E-state index contributed by atoms with van der Waals surface area (Å²) in [6, 6.07) is 13.8. The molecule has 2 saturated heterocycles. The minimum Gasteiger partial charge on any atom is -0.373 e. The fraction of sp³-hybridized carbons (Fsp3) is 0.440. The number of rotatable bonds is 4. The van der Waals surface area contributed by atoms with Crippen LogP contribution in [0.3, 0.4) is 0 Å². The lowest BCUT2D eigenvalue weighted by Crippen LogP contribution is -2.48. The molecule has 0 spiro atoms. The molecule has 35 heavy (non-hydrogen) atoms. The summed E-state index contributed by atoms with van der Waals surface area (Å²) in [7, 11) is -3.66. The van der Waals surface area contributed by atoms with E-state index >= 15 is 0 Å². The molecule has 186 valence electrons. The van der Waals surface area contributed by atoms with Crippen molar-refractivity contribution in [2.75, 3.05) is 26.2 Å². The van der Waals surface area contributed by atoms with Crippen LogP contribution in [-0.4, -0.2) is 71.5 Å². The number of sulfonamides is 1. The average Bonchev–Trinajstić information content (AvgIpc) is 3.19. The number of ether oxygens (including phenoxy) is 1. The maximum Gasteiger partial charge on any atom is 0.326 e. The number of H-pyrrole nitrogens is 1. The van der Waals surface area contributed by atoms with Crippen molar-refractivity contribution in [3.63, 3.8) is 0 Å². The minimum atomic E-state index is -3.66. The third-order valence-corrected chi connectivity index (χ3v) is 8.71. The first kappa shape index (κ1) is 23.8. The Balaban J connectivity index is 1.26. The van der Waals surface area contributed by atoms with Crippen LogP contribution in [0.15, 0.2) is 58.2 Å². The summed E-state index contributed by atoms with van der Waals surface area (Å²) in [4.78, 5) is 30.4. The van der Waals surface area contributed by atoms with Gasteiger partial charge in [0.05, 0.1) is 28.1 Å². The number of likely N-dealkylation sites (tertiary alicyclic amines) is 1. The van der Waals surface area contributed by atoms with E-state index in [0.717, 1.165) is 11.0 Å². The van der Waals surface area contributed by atoms with Crippen LogP contribution in [0.5, 0.6) is 0 Å². The van der Waals surface area contributed by atoms with Gasteiger partial charge in [-0.05, 0) is 63.1 Å². The van der Waals surface area contributed by atoms with Crippen LogP contribution in [0.4, 0.5) is 0 Å². The van der Waals surface area contributed by atoms with Crippen LogP contribution in [-0.2, 0) is 14.8 Å². The Bertz CT molecular complexity index is 1380. The van der Waals surface area contributed by atoms with Gasteiger partial charge in [-0.15, -0.1) is 0 Å². The molecule has 3 aromatic rings. The highest BCUT2D eigenvalue weighted by molar-refractivity contribution is 7.89. The fourth-order valence-corrected chi connectivity index (χ4v) is 6.78. The zero-order chi connectivity index (χ0) is 24.7. The van der Waals surface area contributed by atoms with E-state index in [1.54, 1.807) is 21.6 Å². The van der Waals surface area contributed by atoms with Crippen LogP contribution in [0.1, 0.15) is 43.1 Å². The molecular formula is C25H30N4O5S. The Kier molecular flexibility index (Phi) is 6.29. The second kappa shape index (κ2) is 9.25. The minimum absolute atomic E-state index is 0.0218. The number of carbonyl (C=O) groups excluding carboxylic acids is 1. The summed E-state index contributed by atoms with van der Waals surface area (Å²) in [5.74, 6) is -0.132. The van der Waals surface area contributed by atoms with E-state index in [9.17, 15) is 18.0 Å². The monoisotopic (exact) mass is 498 g/mol. The summed E-state index contributed by atoms with van der Waals surface area (Å²) in [5.41, 5.74) is 2.02. The summed E-state index contributed by atoms with van der Waals surface area (Å²) in [6.45, 7) is 5.39. The van der Waals surface area contributed by atoms with Crippen molar-refractivity contribution in [1.82, 2.24) is 18.8 Å². The molecule has 5 rings (SSSR count). The molecule has 2 atom stereocenters. The smallest absolute Gasteiger partial charge is 0.326 e. The topological polar surface area (TPSA) is 105 Å². The van der Waals surface area contributed by atoms with E-state index in [1.165, 1.54) is 16.4 Å². The fourth-order valence-electron chi connectivity index (χ4n) is 5.19. The lowest BCUT2D eigenvalue weighted by atomic mass is 10.0. The third-order valence-electron chi connectivity index (χ3n) is 6.87. The number of carbonyl (C=O) groups is 1. The first-order chi connectivity index (χ1) is 16.7. The molecule has 1 N–H and O–H groups in total. The number of fused-ring (bicyclic) bond motifs is 1. The van der Waals surface area contributed by atoms with Gasteiger partial charge in [-0.25, -0.2) is 13.2 Å². The molecule has 0 aliphatic carbocycles. The number of aromatic amines is 1. The predicted molar refractivity (Wildman–Crippen MR) is 132 cm³/mol. The Hall–Kier alpha value is -2.95. The predicted octanol–water partition coefficient (Wildman–Crippen LogP) is 2.60. The Labute approximate surface area is 204 Å². The van der Waals surface area contributed by atoms with Crippen molar-refractivity contribution in [1.29, 1.82) is 0 Å². The van der Waals surface area contributed by atoms with Gasteiger partial charge in [0.15, 0.2) is 0 Å². The zero-order valence-corrected chi connectivity index (χ0v) is 20.7. The zero-order valence-electron chi connectivity index (χ0n) is 19.9. The molecule has 9 nitrogen and oxygen atoms in total.